The summed E-state index contributed by atoms with van der Waals surface area (Å²) >= 11 is 1.63. The fourth-order valence-electron chi connectivity index (χ4n) is 2.80. The third-order valence-corrected chi connectivity index (χ3v) is 6.58. The van der Waals surface area contributed by atoms with E-state index in [2.05, 4.69) is 20.2 Å². The summed E-state index contributed by atoms with van der Waals surface area (Å²) in [4.78, 5) is 13.7. The number of benzene rings is 3. The molecule has 1 aromatic heterocycles. The number of hydrogen-bond donors (Lipinski definition) is 2. The Morgan fingerprint density at radius 2 is 1.59 bits per heavy atom. The molecule has 0 aliphatic heterocycles. The van der Waals surface area contributed by atoms with Gasteiger partial charge in [0, 0.05) is 21.7 Å². The molecule has 2 N–H and O–H groups in total. The van der Waals surface area contributed by atoms with Crippen LogP contribution in [0.25, 0.3) is 11.5 Å². The summed E-state index contributed by atoms with van der Waals surface area (Å²) in [6.45, 7) is 0. The molecule has 0 unspecified atom stereocenters. The lowest BCUT2D eigenvalue weighted by atomic mass is 10.2. The van der Waals surface area contributed by atoms with Gasteiger partial charge >= 0.3 is 6.01 Å². The van der Waals surface area contributed by atoms with Crippen LogP contribution in [0.2, 0.25) is 0 Å². The molecule has 0 aliphatic rings. The number of hydrogen-bond acceptors (Lipinski definition) is 7. The lowest BCUT2D eigenvalue weighted by Crippen LogP contribution is -2.14. The zero-order valence-corrected chi connectivity index (χ0v) is 18.5. The summed E-state index contributed by atoms with van der Waals surface area (Å²) in [5.41, 5.74) is 1.38. The summed E-state index contributed by atoms with van der Waals surface area (Å²) in [6.07, 6.45) is 1.99. The van der Waals surface area contributed by atoms with E-state index < -0.39 is 15.9 Å². The van der Waals surface area contributed by atoms with Crippen LogP contribution in [0.5, 0.6) is 0 Å². The van der Waals surface area contributed by atoms with Crippen molar-refractivity contribution >= 4 is 39.4 Å². The van der Waals surface area contributed by atoms with Crippen molar-refractivity contribution < 1.29 is 17.6 Å². The van der Waals surface area contributed by atoms with Crippen LogP contribution in [0, 0.1) is 0 Å². The van der Waals surface area contributed by atoms with Gasteiger partial charge in [-0.05, 0) is 66.9 Å². The van der Waals surface area contributed by atoms with E-state index in [-0.39, 0.29) is 10.9 Å². The van der Waals surface area contributed by atoms with E-state index in [1.54, 1.807) is 30.0 Å². The van der Waals surface area contributed by atoms with Crippen molar-refractivity contribution in [1.29, 1.82) is 0 Å². The first-order valence-electron chi connectivity index (χ1n) is 9.42. The highest BCUT2D eigenvalue weighted by atomic mass is 32.2. The maximum atomic E-state index is 12.5. The largest absolute Gasteiger partial charge is 0.403 e. The fourth-order valence-corrected chi connectivity index (χ4v) is 4.28. The quantitative estimate of drug-likeness (QED) is 0.385. The number of rotatable bonds is 7. The van der Waals surface area contributed by atoms with Gasteiger partial charge in [-0.1, -0.05) is 23.3 Å². The molecule has 0 saturated carbocycles. The maximum Gasteiger partial charge on any atom is 0.322 e. The van der Waals surface area contributed by atoms with Crippen LogP contribution in [-0.4, -0.2) is 30.8 Å². The lowest BCUT2D eigenvalue weighted by Gasteiger charge is -2.08. The Hall–Kier alpha value is -3.63. The van der Waals surface area contributed by atoms with Crippen LogP contribution in [0.1, 0.15) is 10.4 Å². The van der Waals surface area contributed by atoms with E-state index in [9.17, 15) is 13.2 Å². The topological polar surface area (TPSA) is 114 Å². The van der Waals surface area contributed by atoms with Crippen LogP contribution >= 0.6 is 11.8 Å². The van der Waals surface area contributed by atoms with Gasteiger partial charge in [0.1, 0.15) is 0 Å². The van der Waals surface area contributed by atoms with Gasteiger partial charge < -0.3 is 4.42 Å². The Bertz CT molecular complexity index is 1320. The molecule has 0 aliphatic carbocycles. The molecule has 1 heterocycles. The zero-order valence-electron chi connectivity index (χ0n) is 16.8. The van der Waals surface area contributed by atoms with Gasteiger partial charge in [-0.2, -0.15) is 0 Å². The van der Waals surface area contributed by atoms with Gasteiger partial charge in [0.15, 0.2) is 0 Å². The molecular formula is C22H18N4O4S2. The normalized spacial score (nSPS) is 11.2. The zero-order chi connectivity index (χ0) is 22.6. The van der Waals surface area contributed by atoms with E-state index >= 15 is 0 Å². The molecule has 1 amide bonds. The molecule has 8 nitrogen and oxygen atoms in total. The van der Waals surface area contributed by atoms with E-state index in [4.69, 9.17) is 4.42 Å². The number of nitrogens with one attached hydrogen (secondary N) is 2. The van der Waals surface area contributed by atoms with Gasteiger partial charge in [-0.3, -0.25) is 14.8 Å². The van der Waals surface area contributed by atoms with Crippen molar-refractivity contribution in [3.8, 4) is 11.5 Å². The smallest absolute Gasteiger partial charge is 0.322 e. The third-order valence-electron chi connectivity index (χ3n) is 4.44. The molecule has 10 heteroatoms. The summed E-state index contributed by atoms with van der Waals surface area (Å²) in [5.74, 6) is -0.172. The average Bonchev–Trinajstić information content (AvgIpc) is 3.28. The minimum absolute atomic E-state index is 0.0344. The van der Waals surface area contributed by atoms with Crippen molar-refractivity contribution in [2.24, 2.45) is 0 Å². The summed E-state index contributed by atoms with van der Waals surface area (Å²) in [5, 5.41) is 10.4. The highest BCUT2D eigenvalue weighted by Crippen LogP contribution is 2.23. The predicted molar refractivity (Wildman–Crippen MR) is 123 cm³/mol. The van der Waals surface area contributed by atoms with Crippen molar-refractivity contribution in [3.63, 3.8) is 0 Å². The highest BCUT2D eigenvalue weighted by molar-refractivity contribution is 7.98. The molecule has 0 fully saturated rings. The molecule has 0 bridgehead atoms. The van der Waals surface area contributed by atoms with Gasteiger partial charge in [-0.25, -0.2) is 8.42 Å². The molecule has 32 heavy (non-hydrogen) atoms. The van der Waals surface area contributed by atoms with Gasteiger partial charge in [0.25, 0.3) is 15.9 Å². The predicted octanol–water partition coefficient (Wildman–Crippen LogP) is 4.51. The second-order valence-electron chi connectivity index (χ2n) is 6.59. The number of amides is 1. The van der Waals surface area contributed by atoms with Crippen LogP contribution in [0.15, 0.2) is 93.1 Å². The maximum absolute atomic E-state index is 12.5. The Balaban J connectivity index is 1.41. The third kappa shape index (κ3) is 4.98. The Morgan fingerprint density at radius 1 is 0.906 bits per heavy atom. The molecular weight excluding hydrogens is 448 g/mol. The average molecular weight is 467 g/mol. The molecule has 162 valence electrons. The van der Waals surface area contributed by atoms with E-state index in [1.807, 2.05) is 30.5 Å². The van der Waals surface area contributed by atoms with Crippen LogP contribution in [-0.2, 0) is 10.0 Å². The number of aromatic nitrogens is 2. The number of anilines is 2. The molecule has 0 radical (unpaired) electrons. The molecule has 4 rings (SSSR count). The first-order valence-corrected chi connectivity index (χ1v) is 12.1. The monoisotopic (exact) mass is 466 g/mol. The van der Waals surface area contributed by atoms with Crippen molar-refractivity contribution in [3.05, 3.63) is 84.4 Å². The Morgan fingerprint density at radius 3 is 2.25 bits per heavy atom. The number of carbonyl (C=O) groups is 1. The summed E-state index contributed by atoms with van der Waals surface area (Å²) in [6, 6.07) is 21.6. The van der Waals surface area contributed by atoms with Gasteiger partial charge in [0.05, 0.1) is 4.90 Å². The second-order valence-corrected chi connectivity index (χ2v) is 9.15. The number of carbonyl (C=O) groups excluding carboxylic acids is 1. The van der Waals surface area contributed by atoms with Crippen LogP contribution < -0.4 is 10.0 Å². The first kappa shape index (κ1) is 21.6. The fraction of sp³-hybridized carbons (Fsp3) is 0.0455. The molecule has 0 spiro atoms. The number of thioether (sulfide) groups is 1. The minimum atomic E-state index is -3.71. The first-order chi connectivity index (χ1) is 15.4. The molecule has 4 aromatic rings. The van der Waals surface area contributed by atoms with Crippen molar-refractivity contribution in [2.45, 2.75) is 9.79 Å². The Labute approximate surface area is 189 Å². The number of nitrogens with zero attached hydrogens (tertiary/aromatic N) is 2. The van der Waals surface area contributed by atoms with E-state index in [0.717, 1.165) is 10.5 Å². The van der Waals surface area contributed by atoms with E-state index in [0.29, 0.717) is 17.1 Å². The molecule has 0 saturated heterocycles. The number of sulfonamides is 1. The summed E-state index contributed by atoms with van der Waals surface area (Å²) < 4.78 is 32.8. The van der Waals surface area contributed by atoms with Crippen LogP contribution in [0.4, 0.5) is 11.7 Å². The van der Waals surface area contributed by atoms with Crippen LogP contribution in [0.3, 0.4) is 0 Å². The highest BCUT2D eigenvalue weighted by Gasteiger charge is 2.15. The molecule has 3 aromatic carbocycles. The van der Waals surface area contributed by atoms with Gasteiger partial charge in [0.2, 0.25) is 5.89 Å². The van der Waals surface area contributed by atoms with Gasteiger partial charge in [-0.15, -0.1) is 16.9 Å². The lowest BCUT2D eigenvalue weighted by molar-refractivity contribution is 0.102. The van der Waals surface area contributed by atoms with E-state index in [1.165, 1.54) is 36.4 Å². The van der Waals surface area contributed by atoms with Crippen molar-refractivity contribution in [2.75, 3.05) is 16.3 Å². The standard InChI is InChI=1S/C22H18N4O4S2/c1-31-18-13-9-16(10-14-18)21-24-25-22(30-21)23-20(27)15-7-11-17(12-8-15)26-32(28,29)19-5-3-2-4-6-19/h2-14,26H,1H3,(H,23,25,27). The summed E-state index contributed by atoms with van der Waals surface area (Å²) in [7, 11) is -3.71. The second kappa shape index (κ2) is 9.25. The minimum Gasteiger partial charge on any atom is -0.403 e. The van der Waals surface area contributed by atoms with Crippen molar-refractivity contribution in [1.82, 2.24) is 10.2 Å². The SMILES string of the molecule is CSc1ccc(-c2nnc(NC(=O)c3ccc(NS(=O)(=O)c4ccccc4)cc3)o2)cc1. The molecule has 0 atom stereocenters. The Kier molecular flexibility index (Phi) is 6.24.